The van der Waals surface area contributed by atoms with Gasteiger partial charge in [-0.25, -0.2) is 14.7 Å². The van der Waals surface area contributed by atoms with Crippen molar-refractivity contribution >= 4 is 17.5 Å². The van der Waals surface area contributed by atoms with Crippen LogP contribution in [-0.4, -0.2) is 31.8 Å². The highest BCUT2D eigenvalue weighted by molar-refractivity contribution is 5.99. The van der Waals surface area contributed by atoms with Crippen molar-refractivity contribution < 1.29 is 14.3 Å². The van der Waals surface area contributed by atoms with Crippen LogP contribution in [-0.2, 0) is 6.42 Å². The molecule has 0 aliphatic carbocycles. The van der Waals surface area contributed by atoms with Crippen molar-refractivity contribution in [3.05, 3.63) is 78.0 Å². The number of nitrogens with zero attached hydrogens (tertiary/aromatic N) is 3. The van der Waals surface area contributed by atoms with Crippen molar-refractivity contribution in [2.24, 2.45) is 0 Å². The summed E-state index contributed by atoms with van der Waals surface area (Å²) in [5, 5.41) is 12.4. The Hall–Kier alpha value is -4.05. The summed E-state index contributed by atoms with van der Waals surface area (Å²) in [6, 6.07) is 19.8. The fraction of sp³-hybridized carbons (Fsp3) is 0.174. The second kappa shape index (κ2) is 9.94. The summed E-state index contributed by atoms with van der Waals surface area (Å²) < 4.78 is 10.6. The van der Waals surface area contributed by atoms with Crippen LogP contribution in [0.5, 0.6) is 11.5 Å². The zero-order valence-electron chi connectivity index (χ0n) is 16.8. The third-order valence-electron chi connectivity index (χ3n) is 4.47. The number of anilines is 2. The number of pyridine rings is 1. The van der Waals surface area contributed by atoms with Crippen molar-refractivity contribution in [2.75, 3.05) is 25.7 Å². The lowest BCUT2D eigenvalue weighted by molar-refractivity contribution is 0.248. The highest BCUT2D eigenvalue weighted by atomic mass is 16.5. The highest BCUT2D eigenvalue weighted by Crippen LogP contribution is 2.28. The third-order valence-corrected chi connectivity index (χ3v) is 4.47. The van der Waals surface area contributed by atoms with Gasteiger partial charge in [0.15, 0.2) is 17.3 Å². The van der Waals surface area contributed by atoms with E-state index in [4.69, 9.17) is 9.47 Å². The number of ether oxygens (including phenoxy) is 2. The minimum Gasteiger partial charge on any atom is -0.493 e. The summed E-state index contributed by atoms with van der Waals surface area (Å²) in [4.78, 5) is 18.7. The van der Waals surface area contributed by atoms with Crippen LogP contribution in [0.25, 0.3) is 0 Å². The molecule has 0 saturated heterocycles. The number of nitriles is 1. The summed E-state index contributed by atoms with van der Waals surface area (Å²) in [6.45, 7) is 0.395. The van der Waals surface area contributed by atoms with E-state index in [1.54, 1.807) is 44.7 Å². The van der Waals surface area contributed by atoms with Crippen molar-refractivity contribution in [2.45, 2.75) is 6.42 Å². The normalized spacial score (nSPS) is 10.0. The number of nitrogens with one attached hydrogen (secondary N) is 1. The van der Waals surface area contributed by atoms with Gasteiger partial charge < -0.3 is 14.8 Å². The van der Waals surface area contributed by atoms with Gasteiger partial charge in [0.1, 0.15) is 6.07 Å². The number of methoxy groups -OCH3 is 2. The molecule has 152 valence electrons. The predicted octanol–water partition coefficient (Wildman–Crippen LogP) is 4.06. The van der Waals surface area contributed by atoms with Crippen LogP contribution in [0, 0.1) is 11.3 Å². The molecule has 2 amide bonds. The van der Waals surface area contributed by atoms with Gasteiger partial charge >= 0.3 is 6.03 Å². The van der Waals surface area contributed by atoms with E-state index in [0.717, 1.165) is 5.56 Å². The van der Waals surface area contributed by atoms with E-state index in [9.17, 15) is 10.1 Å². The topological polar surface area (TPSA) is 87.5 Å². The van der Waals surface area contributed by atoms with Gasteiger partial charge in [0.25, 0.3) is 0 Å². The number of urea groups is 1. The maximum Gasteiger partial charge on any atom is 0.327 e. The molecule has 0 atom stereocenters. The Kier molecular flexibility index (Phi) is 6.85. The molecule has 2 aromatic carbocycles. The van der Waals surface area contributed by atoms with E-state index in [-0.39, 0.29) is 11.8 Å². The van der Waals surface area contributed by atoms with Crippen molar-refractivity contribution in [3.8, 4) is 17.6 Å². The molecule has 3 rings (SSSR count). The number of hydrogen-bond donors (Lipinski definition) is 1. The van der Waals surface area contributed by atoms with E-state index in [1.807, 2.05) is 36.4 Å². The minimum atomic E-state index is -0.364. The number of carbonyl (C=O) groups excluding carboxylic acids is 1. The fourth-order valence-corrected chi connectivity index (χ4v) is 3.00. The molecule has 7 nitrogen and oxygen atoms in total. The molecule has 1 heterocycles. The van der Waals surface area contributed by atoms with Gasteiger partial charge in [-0.3, -0.25) is 0 Å². The lowest BCUT2D eigenvalue weighted by atomic mass is 10.1. The Morgan fingerprint density at radius 3 is 2.53 bits per heavy atom. The SMILES string of the molecule is COc1ccc(CCNC(=O)N(c2ccccc2)c2ncccc2C#N)cc1OC. The summed E-state index contributed by atoms with van der Waals surface area (Å²) in [5.74, 6) is 1.58. The maximum atomic E-state index is 13.0. The molecule has 0 fully saturated rings. The molecule has 0 aliphatic rings. The average molecular weight is 402 g/mol. The van der Waals surface area contributed by atoms with Crippen LogP contribution in [0.15, 0.2) is 66.9 Å². The lowest BCUT2D eigenvalue weighted by Gasteiger charge is -2.23. The highest BCUT2D eigenvalue weighted by Gasteiger charge is 2.21. The van der Waals surface area contributed by atoms with Crippen LogP contribution in [0.2, 0.25) is 0 Å². The molecule has 0 saturated carbocycles. The molecule has 1 aromatic heterocycles. The van der Waals surface area contributed by atoms with Crippen LogP contribution in [0.3, 0.4) is 0 Å². The van der Waals surface area contributed by atoms with Crippen LogP contribution in [0.1, 0.15) is 11.1 Å². The Labute approximate surface area is 175 Å². The molecule has 30 heavy (non-hydrogen) atoms. The van der Waals surface area contributed by atoms with Gasteiger partial charge in [-0.1, -0.05) is 24.3 Å². The van der Waals surface area contributed by atoms with Crippen LogP contribution >= 0.6 is 0 Å². The van der Waals surface area contributed by atoms with Crippen LogP contribution in [0.4, 0.5) is 16.3 Å². The largest absolute Gasteiger partial charge is 0.493 e. The average Bonchev–Trinajstić information content (AvgIpc) is 2.80. The molecule has 1 N–H and O–H groups in total. The standard InChI is InChI=1S/C23H22N4O3/c1-29-20-11-10-17(15-21(20)30-2)12-14-26-23(28)27(19-8-4-3-5-9-19)22-18(16-24)7-6-13-25-22/h3-11,13,15H,12,14H2,1-2H3,(H,26,28). The summed E-state index contributed by atoms with van der Waals surface area (Å²) in [6.07, 6.45) is 2.16. The molecule has 0 bridgehead atoms. The van der Waals surface area contributed by atoms with Gasteiger partial charge in [0.05, 0.1) is 25.5 Å². The number of aromatic nitrogens is 1. The monoisotopic (exact) mass is 402 g/mol. The Balaban J connectivity index is 1.77. The Morgan fingerprint density at radius 2 is 1.83 bits per heavy atom. The second-order valence-corrected chi connectivity index (χ2v) is 6.33. The molecule has 0 aliphatic heterocycles. The minimum absolute atomic E-state index is 0.287. The lowest BCUT2D eigenvalue weighted by Crippen LogP contribution is -2.38. The molecule has 7 heteroatoms. The number of benzene rings is 2. The van der Waals surface area contributed by atoms with Gasteiger partial charge in [0, 0.05) is 12.7 Å². The fourth-order valence-electron chi connectivity index (χ4n) is 3.00. The molecule has 3 aromatic rings. The molecule has 0 radical (unpaired) electrons. The van der Waals surface area contributed by atoms with E-state index in [0.29, 0.717) is 35.7 Å². The zero-order valence-corrected chi connectivity index (χ0v) is 16.8. The number of carbonyl (C=O) groups is 1. The quantitative estimate of drug-likeness (QED) is 0.644. The number of rotatable bonds is 7. The number of amides is 2. The van der Waals surface area contributed by atoms with E-state index < -0.39 is 0 Å². The first-order chi connectivity index (χ1) is 14.7. The number of hydrogen-bond acceptors (Lipinski definition) is 5. The molecular formula is C23H22N4O3. The molecular weight excluding hydrogens is 380 g/mol. The summed E-state index contributed by atoms with van der Waals surface area (Å²) >= 11 is 0. The van der Waals surface area contributed by atoms with Crippen molar-refractivity contribution in [3.63, 3.8) is 0 Å². The summed E-state index contributed by atoms with van der Waals surface area (Å²) in [5.41, 5.74) is 1.93. The van der Waals surface area contributed by atoms with Gasteiger partial charge in [0.2, 0.25) is 0 Å². The Bertz CT molecular complexity index is 1050. The van der Waals surface area contributed by atoms with Gasteiger partial charge in [-0.05, 0) is 48.4 Å². The van der Waals surface area contributed by atoms with Crippen molar-refractivity contribution in [1.82, 2.24) is 10.3 Å². The van der Waals surface area contributed by atoms with Gasteiger partial charge in [-0.15, -0.1) is 0 Å². The number of para-hydroxylation sites is 1. The van der Waals surface area contributed by atoms with Crippen LogP contribution < -0.4 is 19.7 Å². The van der Waals surface area contributed by atoms with E-state index in [1.165, 1.54) is 4.90 Å². The van der Waals surface area contributed by atoms with E-state index >= 15 is 0 Å². The second-order valence-electron chi connectivity index (χ2n) is 6.33. The molecule has 0 spiro atoms. The zero-order chi connectivity index (χ0) is 21.3. The predicted molar refractivity (Wildman–Crippen MR) is 114 cm³/mol. The first-order valence-electron chi connectivity index (χ1n) is 9.37. The van der Waals surface area contributed by atoms with E-state index in [2.05, 4.69) is 16.4 Å². The molecule has 0 unspecified atom stereocenters. The first-order valence-corrected chi connectivity index (χ1v) is 9.37. The van der Waals surface area contributed by atoms with Crippen molar-refractivity contribution in [1.29, 1.82) is 5.26 Å². The van der Waals surface area contributed by atoms with Gasteiger partial charge in [-0.2, -0.15) is 5.26 Å². The smallest absolute Gasteiger partial charge is 0.327 e. The Morgan fingerprint density at radius 1 is 1.07 bits per heavy atom. The maximum absolute atomic E-state index is 13.0. The summed E-state index contributed by atoms with van der Waals surface area (Å²) in [7, 11) is 3.17. The third kappa shape index (κ3) is 4.67. The first kappa shape index (κ1) is 20.7.